The Morgan fingerprint density at radius 1 is 0.556 bits per heavy atom. The van der Waals surface area contributed by atoms with E-state index in [0.29, 0.717) is 12.8 Å². The maximum Gasteiger partial charge on any atom is 0.306 e. The maximum absolute atomic E-state index is 12.7. The second kappa shape index (κ2) is 37.2. The maximum atomic E-state index is 12.7. The van der Waals surface area contributed by atoms with Crippen LogP contribution in [0.25, 0.3) is 0 Å². The van der Waals surface area contributed by atoms with Crippen LogP contribution in [-0.4, -0.2) is 75.5 Å². The summed E-state index contributed by atoms with van der Waals surface area (Å²) in [5, 5.41) is 11.6. The van der Waals surface area contributed by atoms with E-state index in [-0.39, 0.29) is 49.1 Å². The van der Waals surface area contributed by atoms with Gasteiger partial charge < -0.3 is 28.6 Å². The van der Waals surface area contributed by atoms with Gasteiger partial charge in [0.25, 0.3) is 0 Å². The number of carboxylic acids is 1. The van der Waals surface area contributed by atoms with E-state index in [1.165, 1.54) is 89.9 Å². The third-order valence-electron chi connectivity index (χ3n) is 9.47. The summed E-state index contributed by atoms with van der Waals surface area (Å²) in [4.78, 5) is 36.8. The van der Waals surface area contributed by atoms with Crippen LogP contribution in [0.3, 0.4) is 0 Å². The molecule has 2 atom stereocenters. The molecule has 0 bridgehead atoms. The minimum Gasteiger partial charge on any atom is -0.544 e. The molecular formula is C46H81NO7. The van der Waals surface area contributed by atoms with Crippen LogP contribution in [0, 0.1) is 0 Å². The Labute approximate surface area is 331 Å². The van der Waals surface area contributed by atoms with Gasteiger partial charge >= 0.3 is 11.9 Å². The first-order chi connectivity index (χ1) is 26.1. The molecule has 0 aliphatic carbocycles. The van der Waals surface area contributed by atoms with Crippen molar-refractivity contribution in [3.05, 3.63) is 48.6 Å². The van der Waals surface area contributed by atoms with E-state index in [4.69, 9.17) is 14.2 Å². The highest BCUT2D eigenvalue weighted by molar-refractivity contribution is 5.70. The molecule has 312 valence electrons. The van der Waals surface area contributed by atoms with Gasteiger partial charge in [0.05, 0.1) is 40.3 Å². The first kappa shape index (κ1) is 51.3. The van der Waals surface area contributed by atoms with Crippen LogP contribution < -0.4 is 5.11 Å². The van der Waals surface area contributed by atoms with Crippen LogP contribution in [0.15, 0.2) is 48.6 Å². The van der Waals surface area contributed by atoms with Gasteiger partial charge in [-0.1, -0.05) is 152 Å². The van der Waals surface area contributed by atoms with Crippen LogP contribution in [0.5, 0.6) is 0 Å². The molecule has 0 rings (SSSR count). The fourth-order valence-corrected chi connectivity index (χ4v) is 6.06. The van der Waals surface area contributed by atoms with Crippen molar-refractivity contribution in [3.63, 3.8) is 0 Å². The van der Waals surface area contributed by atoms with E-state index in [1.54, 1.807) is 21.1 Å². The number of carboxylic acid groups (broad SMARTS) is 1. The van der Waals surface area contributed by atoms with Gasteiger partial charge in [-0.25, -0.2) is 0 Å². The average Bonchev–Trinajstić information content (AvgIpc) is 3.12. The largest absolute Gasteiger partial charge is 0.544 e. The molecule has 0 radical (unpaired) electrons. The summed E-state index contributed by atoms with van der Waals surface area (Å²) in [6.07, 6.45) is 42.8. The molecule has 0 fully saturated rings. The van der Waals surface area contributed by atoms with Crippen molar-refractivity contribution in [2.24, 2.45) is 0 Å². The molecule has 0 saturated heterocycles. The number of likely N-dealkylation sites (N-methyl/N-ethyl adjacent to an activating group) is 1. The number of nitrogens with zero attached hydrogens (tertiary/aromatic N) is 1. The highest BCUT2D eigenvalue weighted by atomic mass is 16.6. The van der Waals surface area contributed by atoms with Crippen LogP contribution in [0.4, 0.5) is 0 Å². The third kappa shape index (κ3) is 35.0. The number of unbranched alkanes of at least 4 members (excludes halogenated alkanes) is 16. The van der Waals surface area contributed by atoms with Crippen molar-refractivity contribution in [1.29, 1.82) is 0 Å². The van der Waals surface area contributed by atoms with Gasteiger partial charge in [0.1, 0.15) is 12.6 Å². The lowest BCUT2D eigenvalue weighted by molar-refractivity contribution is -0.889. The summed E-state index contributed by atoms with van der Waals surface area (Å²) < 4.78 is 17.1. The number of rotatable bonds is 38. The second-order valence-electron chi connectivity index (χ2n) is 15.6. The Bertz CT molecular complexity index is 1030. The molecule has 0 N–H and O–H groups in total. The van der Waals surface area contributed by atoms with Crippen LogP contribution in [0.1, 0.15) is 174 Å². The molecule has 0 heterocycles. The molecule has 8 heteroatoms. The molecule has 2 unspecified atom stereocenters. The Hall–Kier alpha value is -2.71. The topological polar surface area (TPSA) is 102 Å². The van der Waals surface area contributed by atoms with E-state index < -0.39 is 18.1 Å². The monoisotopic (exact) mass is 760 g/mol. The standard InChI is InChI=1S/C46H81NO7/c1-6-8-10-12-14-16-18-20-21-22-23-25-27-29-31-33-35-37-45(49)54-42(40-52-39-38-43(46(50)51)47(3,4)5)41-53-44(48)36-34-32-30-28-26-24-19-17-15-13-11-9-7-2/h14,16,20-21,23,25,29,31,42-43H,6-13,15,17-19,22,24,26-28,30,32-41H2,1-5H3/b16-14+,21-20+,25-23+,31-29+. The number of quaternary nitrogens is 1. The number of hydrogen-bond acceptors (Lipinski definition) is 7. The van der Waals surface area contributed by atoms with Crippen LogP contribution >= 0.6 is 0 Å². The average molecular weight is 760 g/mol. The summed E-state index contributed by atoms with van der Waals surface area (Å²) in [6, 6.07) is -0.734. The van der Waals surface area contributed by atoms with E-state index in [0.717, 1.165) is 44.9 Å². The normalized spacial score (nSPS) is 13.4. The van der Waals surface area contributed by atoms with Crippen LogP contribution in [0.2, 0.25) is 0 Å². The molecule has 0 aromatic carbocycles. The fourth-order valence-electron chi connectivity index (χ4n) is 6.06. The Morgan fingerprint density at radius 2 is 1.00 bits per heavy atom. The lowest BCUT2D eigenvalue weighted by atomic mass is 10.0. The third-order valence-corrected chi connectivity index (χ3v) is 9.47. The van der Waals surface area contributed by atoms with E-state index in [2.05, 4.69) is 62.5 Å². The summed E-state index contributed by atoms with van der Waals surface area (Å²) >= 11 is 0. The van der Waals surface area contributed by atoms with Gasteiger partial charge in [-0.15, -0.1) is 0 Å². The lowest BCUT2D eigenvalue weighted by Gasteiger charge is -2.34. The Morgan fingerprint density at radius 3 is 1.50 bits per heavy atom. The molecule has 0 aliphatic rings. The molecule has 0 spiro atoms. The number of carbonyl (C=O) groups is 3. The first-order valence-corrected chi connectivity index (χ1v) is 21.7. The zero-order chi connectivity index (χ0) is 40.0. The number of hydrogen-bond donors (Lipinski definition) is 0. The molecule has 0 saturated carbocycles. The number of carbonyl (C=O) groups excluding carboxylic acids is 3. The van der Waals surface area contributed by atoms with Crippen molar-refractivity contribution in [2.75, 3.05) is 41.0 Å². The smallest absolute Gasteiger partial charge is 0.306 e. The zero-order valence-electron chi connectivity index (χ0n) is 35.4. The molecule has 54 heavy (non-hydrogen) atoms. The fraction of sp³-hybridized carbons (Fsp3) is 0.761. The summed E-state index contributed by atoms with van der Waals surface area (Å²) in [5.41, 5.74) is 0. The Kier molecular flexibility index (Phi) is 35.4. The van der Waals surface area contributed by atoms with Gasteiger partial charge in [-0.05, 0) is 51.4 Å². The van der Waals surface area contributed by atoms with Crippen molar-refractivity contribution < 1.29 is 38.2 Å². The SMILES string of the molecule is CCCCC/C=C/C/C=C/C/C=C/C/C=C/CCCC(=O)OC(COCCC(C(=O)[O-])[N+](C)(C)C)COC(=O)CCCCCCCCCCCCCCC. The molecule has 0 amide bonds. The minimum absolute atomic E-state index is 0.0197. The summed E-state index contributed by atoms with van der Waals surface area (Å²) in [6.45, 7) is 4.57. The zero-order valence-corrected chi connectivity index (χ0v) is 35.4. The quantitative estimate of drug-likeness (QED) is 0.0267. The summed E-state index contributed by atoms with van der Waals surface area (Å²) in [7, 11) is 5.38. The first-order valence-electron chi connectivity index (χ1n) is 21.7. The van der Waals surface area contributed by atoms with Crippen molar-refractivity contribution in [3.8, 4) is 0 Å². The molecule has 8 nitrogen and oxygen atoms in total. The highest BCUT2D eigenvalue weighted by Crippen LogP contribution is 2.14. The molecular weight excluding hydrogens is 679 g/mol. The molecule has 0 aliphatic heterocycles. The van der Waals surface area contributed by atoms with Gasteiger partial charge in [0.2, 0.25) is 0 Å². The van der Waals surface area contributed by atoms with Crippen LogP contribution in [-0.2, 0) is 28.6 Å². The molecule has 0 aromatic heterocycles. The molecule has 0 aromatic rings. The predicted octanol–water partition coefficient (Wildman–Crippen LogP) is 10.3. The van der Waals surface area contributed by atoms with Gasteiger partial charge in [-0.2, -0.15) is 0 Å². The van der Waals surface area contributed by atoms with Gasteiger partial charge in [-0.3, -0.25) is 9.59 Å². The lowest BCUT2D eigenvalue weighted by Crippen LogP contribution is -2.55. The summed E-state index contributed by atoms with van der Waals surface area (Å²) in [5.74, 6) is -1.81. The number of allylic oxidation sites excluding steroid dienone is 8. The highest BCUT2D eigenvalue weighted by Gasteiger charge is 2.25. The van der Waals surface area contributed by atoms with Crippen molar-refractivity contribution in [1.82, 2.24) is 0 Å². The minimum atomic E-state index is -1.13. The number of aliphatic carboxylic acids is 1. The van der Waals surface area contributed by atoms with Gasteiger partial charge in [0, 0.05) is 19.3 Å². The number of esters is 2. The van der Waals surface area contributed by atoms with Crippen molar-refractivity contribution >= 4 is 17.9 Å². The van der Waals surface area contributed by atoms with E-state index >= 15 is 0 Å². The Balaban J connectivity index is 4.46. The van der Waals surface area contributed by atoms with Crippen molar-refractivity contribution in [2.45, 2.75) is 187 Å². The van der Waals surface area contributed by atoms with E-state index in [1.807, 2.05) is 0 Å². The number of ether oxygens (including phenoxy) is 3. The second-order valence-corrected chi connectivity index (χ2v) is 15.6. The van der Waals surface area contributed by atoms with E-state index in [9.17, 15) is 19.5 Å². The van der Waals surface area contributed by atoms with Gasteiger partial charge in [0.15, 0.2) is 6.10 Å². The predicted molar refractivity (Wildman–Crippen MR) is 222 cm³/mol.